The molecule has 1 aromatic carbocycles. The van der Waals surface area contributed by atoms with Gasteiger partial charge >= 0.3 is 0 Å². The fourth-order valence-corrected chi connectivity index (χ4v) is 2.81. The highest BCUT2D eigenvalue weighted by molar-refractivity contribution is 6.31. The highest BCUT2D eigenvalue weighted by Gasteiger charge is 2.22. The lowest BCUT2D eigenvalue weighted by atomic mass is 9.86. The lowest BCUT2D eigenvalue weighted by Gasteiger charge is -2.27. The number of nitrogens with zero attached hydrogens (tertiary/aromatic N) is 1. The van der Waals surface area contributed by atoms with Gasteiger partial charge in [0.25, 0.3) is 5.69 Å². The van der Waals surface area contributed by atoms with Crippen LogP contribution in [0.3, 0.4) is 0 Å². The molecule has 0 bridgehead atoms. The minimum Gasteiger partial charge on any atom is -0.393 e. The van der Waals surface area contributed by atoms with Gasteiger partial charge in [-0.05, 0) is 30.4 Å². The first-order chi connectivity index (χ1) is 9.58. The predicted molar refractivity (Wildman–Crippen MR) is 77.8 cm³/mol. The van der Waals surface area contributed by atoms with E-state index in [1.54, 1.807) is 6.07 Å². The third kappa shape index (κ3) is 3.91. The van der Waals surface area contributed by atoms with Crippen molar-refractivity contribution >= 4 is 17.3 Å². The Morgan fingerprint density at radius 2 is 2.15 bits per heavy atom. The van der Waals surface area contributed by atoms with Crippen LogP contribution in [0.1, 0.15) is 31.2 Å². The number of hydrogen-bond donors (Lipinski definition) is 2. The fourth-order valence-electron chi connectivity index (χ4n) is 2.63. The van der Waals surface area contributed by atoms with Gasteiger partial charge in [-0.3, -0.25) is 10.1 Å². The van der Waals surface area contributed by atoms with Gasteiger partial charge in [-0.2, -0.15) is 0 Å². The fraction of sp³-hybridized carbons (Fsp3) is 0.571. The van der Waals surface area contributed by atoms with Crippen LogP contribution in [-0.4, -0.2) is 22.7 Å². The maximum atomic E-state index is 10.7. The summed E-state index contributed by atoms with van der Waals surface area (Å²) >= 11 is 6.04. The molecule has 0 aliphatic heterocycles. The van der Waals surface area contributed by atoms with Crippen LogP contribution in [0.15, 0.2) is 18.2 Å². The van der Waals surface area contributed by atoms with Crippen molar-refractivity contribution in [3.8, 4) is 0 Å². The van der Waals surface area contributed by atoms with Crippen molar-refractivity contribution in [3.63, 3.8) is 0 Å². The van der Waals surface area contributed by atoms with E-state index in [2.05, 4.69) is 5.32 Å². The molecule has 1 aliphatic rings. The van der Waals surface area contributed by atoms with Gasteiger partial charge in [0.05, 0.1) is 11.0 Å². The minimum atomic E-state index is -0.426. The van der Waals surface area contributed by atoms with E-state index in [1.807, 2.05) is 0 Å². The van der Waals surface area contributed by atoms with Crippen LogP contribution in [0.4, 0.5) is 5.69 Å². The maximum Gasteiger partial charge on any atom is 0.269 e. The predicted octanol–water partition coefficient (Wildman–Crippen LogP) is 2.89. The second kappa shape index (κ2) is 7.02. The zero-order chi connectivity index (χ0) is 14.5. The van der Waals surface area contributed by atoms with E-state index in [-0.39, 0.29) is 17.7 Å². The summed E-state index contributed by atoms with van der Waals surface area (Å²) in [4.78, 5) is 10.3. The standard InChI is InChI=1S/C14H19ClN2O3/c15-13-6-5-12(17(19)20)7-11(13)9-16-8-10-3-1-2-4-14(10)18/h5-7,10,14,16,18H,1-4,8-9H2. The summed E-state index contributed by atoms with van der Waals surface area (Å²) in [6.45, 7) is 1.18. The molecule has 1 fully saturated rings. The molecule has 0 aromatic heterocycles. The van der Waals surface area contributed by atoms with E-state index in [0.717, 1.165) is 25.7 Å². The number of nitro groups is 1. The molecule has 1 saturated carbocycles. The van der Waals surface area contributed by atoms with Gasteiger partial charge in [0, 0.05) is 30.2 Å². The number of non-ortho nitro benzene ring substituents is 1. The normalized spacial score (nSPS) is 22.7. The Morgan fingerprint density at radius 1 is 1.40 bits per heavy atom. The Balaban J connectivity index is 1.90. The molecule has 0 saturated heterocycles. The average molecular weight is 299 g/mol. The highest BCUT2D eigenvalue weighted by Crippen LogP contribution is 2.25. The number of benzene rings is 1. The lowest BCUT2D eigenvalue weighted by Crippen LogP contribution is -2.33. The molecule has 5 nitrogen and oxygen atoms in total. The molecule has 110 valence electrons. The molecule has 1 aliphatic carbocycles. The average Bonchev–Trinajstić information content (AvgIpc) is 2.42. The van der Waals surface area contributed by atoms with Crippen LogP contribution < -0.4 is 5.32 Å². The summed E-state index contributed by atoms with van der Waals surface area (Å²) < 4.78 is 0. The van der Waals surface area contributed by atoms with Crippen LogP contribution >= 0.6 is 11.6 Å². The number of rotatable bonds is 5. The molecule has 2 unspecified atom stereocenters. The second-order valence-corrected chi connectivity index (χ2v) is 5.68. The molecular formula is C14H19ClN2O3. The van der Waals surface area contributed by atoms with Gasteiger partial charge in [-0.25, -0.2) is 0 Å². The Hall–Kier alpha value is -1.17. The summed E-state index contributed by atoms with van der Waals surface area (Å²) in [6, 6.07) is 4.44. The van der Waals surface area contributed by atoms with Crippen molar-refractivity contribution in [2.24, 2.45) is 5.92 Å². The number of halogens is 1. The van der Waals surface area contributed by atoms with E-state index < -0.39 is 4.92 Å². The van der Waals surface area contributed by atoms with Crippen molar-refractivity contribution in [2.45, 2.75) is 38.3 Å². The van der Waals surface area contributed by atoms with E-state index in [0.29, 0.717) is 23.7 Å². The Morgan fingerprint density at radius 3 is 2.85 bits per heavy atom. The van der Waals surface area contributed by atoms with Gasteiger partial charge in [-0.15, -0.1) is 0 Å². The molecule has 20 heavy (non-hydrogen) atoms. The highest BCUT2D eigenvalue weighted by atomic mass is 35.5. The Bertz CT molecular complexity index is 481. The van der Waals surface area contributed by atoms with E-state index in [1.165, 1.54) is 12.1 Å². The molecule has 0 spiro atoms. The van der Waals surface area contributed by atoms with Crippen LogP contribution in [0, 0.1) is 16.0 Å². The van der Waals surface area contributed by atoms with E-state index >= 15 is 0 Å². The SMILES string of the molecule is O=[N+]([O-])c1ccc(Cl)c(CNCC2CCCCC2O)c1. The van der Waals surface area contributed by atoms with Gasteiger partial charge in [0.1, 0.15) is 0 Å². The third-order valence-electron chi connectivity index (χ3n) is 3.83. The van der Waals surface area contributed by atoms with E-state index in [9.17, 15) is 15.2 Å². The zero-order valence-corrected chi connectivity index (χ0v) is 12.0. The molecule has 0 heterocycles. The van der Waals surface area contributed by atoms with Crippen molar-refractivity contribution < 1.29 is 10.0 Å². The smallest absolute Gasteiger partial charge is 0.269 e. The molecule has 2 N–H and O–H groups in total. The Labute approximate surface area is 123 Å². The summed E-state index contributed by atoms with van der Waals surface area (Å²) in [6.07, 6.45) is 3.90. The molecule has 0 amide bonds. The molecule has 0 radical (unpaired) electrons. The first-order valence-corrected chi connectivity index (χ1v) is 7.27. The zero-order valence-electron chi connectivity index (χ0n) is 11.2. The largest absolute Gasteiger partial charge is 0.393 e. The molecule has 6 heteroatoms. The third-order valence-corrected chi connectivity index (χ3v) is 4.20. The summed E-state index contributed by atoms with van der Waals surface area (Å²) in [5.74, 6) is 0.265. The first kappa shape index (κ1) is 15.2. The number of aliphatic hydroxyl groups excluding tert-OH is 1. The van der Waals surface area contributed by atoms with Crippen LogP contribution in [-0.2, 0) is 6.54 Å². The van der Waals surface area contributed by atoms with Gasteiger partial charge in [0.2, 0.25) is 0 Å². The van der Waals surface area contributed by atoms with Gasteiger partial charge in [-0.1, -0.05) is 24.4 Å². The van der Waals surface area contributed by atoms with Crippen LogP contribution in [0.25, 0.3) is 0 Å². The monoisotopic (exact) mass is 298 g/mol. The van der Waals surface area contributed by atoms with Crippen molar-refractivity contribution in [1.82, 2.24) is 5.32 Å². The van der Waals surface area contributed by atoms with Crippen molar-refractivity contribution in [1.29, 1.82) is 0 Å². The lowest BCUT2D eigenvalue weighted by molar-refractivity contribution is -0.384. The number of aliphatic hydroxyl groups is 1. The first-order valence-electron chi connectivity index (χ1n) is 6.89. The van der Waals surface area contributed by atoms with E-state index in [4.69, 9.17) is 11.6 Å². The van der Waals surface area contributed by atoms with Crippen LogP contribution in [0.2, 0.25) is 5.02 Å². The molecule has 1 aromatic rings. The van der Waals surface area contributed by atoms with Gasteiger partial charge < -0.3 is 10.4 Å². The topological polar surface area (TPSA) is 75.4 Å². The second-order valence-electron chi connectivity index (χ2n) is 5.28. The molecule has 2 rings (SSSR count). The summed E-state index contributed by atoms with van der Waals surface area (Å²) in [5.41, 5.74) is 0.759. The van der Waals surface area contributed by atoms with Crippen molar-refractivity contribution in [3.05, 3.63) is 38.9 Å². The minimum absolute atomic E-state index is 0.0453. The maximum absolute atomic E-state index is 10.7. The quantitative estimate of drug-likeness (QED) is 0.647. The van der Waals surface area contributed by atoms with Crippen molar-refractivity contribution in [2.75, 3.05) is 6.54 Å². The molecular weight excluding hydrogens is 280 g/mol. The number of hydrogen-bond acceptors (Lipinski definition) is 4. The Kier molecular flexibility index (Phi) is 5.34. The molecule has 2 atom stereocenters. The van der Waals surface area contributed by atoms with Crippen LogP contribution in [0.5, 0.6) is 0 Å². The summed E-state index contributed by atoms with van der Waals surface area (Å²) in [7, 11) is 0. The number of nitro benzene ring substituents is 1. The summed E-state index contributed by atoms with van der Waals surface area (Å²) in [5, 5.41) is 24.4. The van der Waals surface area contributed by atoms with Gasteiger partial charge in [0.15, 0.2) is 0 Å². The number of nitrogens with one attached hydrogen (secondary N) is 1.